The minimum atomic E-state index is -0.825. The summed E-state index contributed by atoms with van der Waals surface area (Å²) in [7, 11) is 1.72. The van der Waals surface area contributed by atoms with Gasteiger partial charge in [-0.25, -0.2) is 4.79 Å². The zero-order valence-corrected chi connectivity index (χ0v) is 14.6. The molecule has 0 aromatic heterocycles. The number of likely N-dealkylation sites (N-methyl/N-ethyl adjacent to an activating group) is 1. The first-order valence-electron chi connectivity index (χ1n) is 8.39. The fourth-order valence-corrected chi connectivity index (χ4v) is 3.05. The van der Waals surface area contributed by atoms with Gasteiger partial charge in [-0.05, 0) is 37.1 Å². The van der Waals surface area contributed by atoms with Gasteiger partial charge in [0, 0.05) is 25.7 Å². The van der Waals surface area contributed by atoms with Crippen LogP contribution in [0.1, 0.15) is 30.9 Å². The van der Waals surface area contributed by atoms with Crippen LogP contribution < -0.4 is 5.32 Å². The Hall–Kier alpha value is -2.59. The number of aliphatic carboxylic acids is 1. The second kappa shape index (κ2) is 8.49. The van der Waals surface area contributed by atoms with Crippen molar-refractivity contribution < 1.29 is 14.7 Å². The second-order valence-electron chi connectivity index (χ2n) is 6.40. The molecule has 0 atom stereocenters. The maximum Gasteiger partial charge on any atom is 0.317 e. The van der Waals surface area contributed by atoms with Crippen molar-refractivity contribution in [3.05, 3.63) is 35.4 Å². The van der Waals surface area contributed by atoms with Crippen LogP contribution in [0.25, 0.3) is 0 Å². The van der Waals surface area contributed by atoms with Gasteiger partial charge in [0.25, 0.3) is 0 Å². The van der Waals surface area contributed by atoms with Gasteiger partial charge in [0.1, 0.15) is 0 Å². The van der Waals surface area contributed by atoms with Gasteiger partial charge < -0.3 is 15.3 Å². The third kappa shape index (κ3) is 5.19. The molecule has 2 N–H and O–H groups in total. The third-order valence-corrected chi connectivity index (χ3v) is 4.52. The van der Waals surface area contributed by atoms with Crippen molar-refractivity contribution in [2.45, 2.75) is 38.4 Å². The van der Waals surface area contributed by atoms with E-state index in [2.05, 4.69) is 11.4 Å². The van der Waals surface area contributed by atoms with Gasteiger partial charge >= 0.3 is 12.0 Å². The molecule has 7 heteroatoms. The number of benzene rings is 1. The van der Waals surface area contributed by atoms with E-state index in [-0.39, 0.29) is 24.7 Å². The Bertz CT molecular complexity index is 665. The summed E-state index contributed by atoms with van der Waals surface area (Å²) in [6.07, 6.45) is 1.54. The van der Waals surface area contributed by atoms with Gasteiger partial charge in [-0.1, -0.05) is 19.1 Å². The summed E-state index contributed by atoms with van der Waals surface area (Å²) >= 11 is 0. The standard InChI is InChI=1S/C18H24N4O3/c1-3-22(12-17(23)24)16-8-15(9-16)20-18(25)21(2)11-14-6-4-5-13(7-14)10-19/h4-7,15-16H,3,8-9,11-12H2,1-2H3,(H,20,25)(H,23,24). The van der Waals surface area contributed by atoms with Gasteiger partial charge in [-0.2, -0.15) is 5.26 Å². The van der Waals surface area contributed by atoms with Crippen molar-refractivity contribution in [1.82, 2.24) is 15.1 Å². The fourth-order valence-electron chi connectivity index (χ4n) is 3.05. The molecule has 2 rings (SSSR count). The van der Waals surface area contributed by atoms with Crippen LogP contribution in [0.3, 0.4) is 0 Å². The van der Waals surface area contributed by atoms with Crippen molar-refractivity contribution in [3.63, 3.8) is 0 Å². The van der Waals surface area contributed by atoms with E-state index in [0.29, 0.717) is 18.7 Å². The highest BCUT2D eigenvalue weighted by Gasteiger charge is 2.35. The van der Waals surface area contributed by atoms with Crippen LogP contribution in [0, 0.1) is 11.3 Å². The molecular weight excluding hydrogens is 320 g/mol. The Morgan fingerprint density at radius 2 is 2.12 bits per heavy atom. The average molecular weight is 344 g/mol. The molecule has 0 radical (unpaired) electrons. The van der Waals surface area contributed by atoms with Gasteiger partial charge in [-0.15, -0.1) is 0 Å². The average Bonchev–Trinajstić information content (AvgIpc) is 2.55. The maximum absolute atomic E-state index is 12.3. The number of carbonyl (C=O) groups is 2. The molecule has 1 saturated carbocycles. The van der Waals surface area contributed by atoms with Crippen LogP contribution in [0.4, 0.5) is 4.79 Å². The largest absolute Gasteiger partial charge is 0.480 e. The SMILES string of the molecule is CCN(CC(=O)O)C1CC(NC(=O)N(C)Cc2cccc(C#N)c2)C1. The molecule has 0 aliphatic heterocycles. The van der Waals surface area contributed by atoms with E-state index >= 15 is 0 Å². The Morgan fingerprint density at radius 3 is 2.72 bits per heavy atom. The normalized spacial score (nSPS) is 19.0. The number of rotatable bonds is 7. The molecule has 7 nitrogen and oxygen atoms in total. The number of carboxylic acid groups (broad SMARTS) is 1. The second-order valence-corrected chi connectivity index (χ2v) is 6.40. The molecular formula is C18H24N4O3. The van der Waals surface area contributed by atoms with Crippen molar-refractivity contribution in [2.24, 2.45) is 0 Å². The molecule has 1 aliphatic carbocycles. The number of amides is 2. The van der Waals surface area contributed by atoms with Crippen molar-refractivity contribution >= 4 is 12.0 Å². The molecule has 1 aliphatic rings. The van der Waals surface area contributed by atoms with E-state index in [9.17, 15) is 9.59 Å². The quantitative estimate of drug-likeness (QED) is 0.784. The van der Waals surface area contributed by atoms with Gasteiger partial charge in [0.05, 0.1) is 18.2 Å². The molecule has 0 heterocycles. The van der Waals surface area contributed by atoms with E-state index in [1.807, 2.05) is 17.9 Å². The number of hydrogen-bond acceptors (Lipinski definition) is 4. The number of hydrogen-bond donors (Lipinski definition) is 2. The van der Waals surface area contributed by atoms with Gasteiger partial charge in [0.15, 0.2) is 0 Å². The summed E-state index contributed by atoms with van der Waals surface area (Å²) < 4.78 is 0. The molecule has 0 spiro atoms. The lowest BCUT2D eigenvalue weighted by Gasteiger charge is -2.42. The molecule has 2 amide bonds. The van der Waals surface area contributed by atoms with E-state index in [1.54, 1.807) is 30.1 Å². The number of nitrogens with one attached hydrogen (secondary N) is 1. The van der Waals surface area contributed by atoms with Crippen LogP contribution >= 0.6 is 0 Å². The predicted octanol–water partition coefficient (Wildman–Crippen LogP) is 1.64. The molecule has 0 saturated heterocycles. The van der Waals surface area contributed by atoms with Crippen LogP contribution in [0.15, 0.2) is 24.3 Å². The number of urea groups is 1. The lowest BCUT2D eigenvalue weighted by atomic mass is 9.85. The molecule has 1 aromatic carbocycles. The minimum absolute atomic E-state index is 0.0387. The lowest BCUT2D eigenvalue weighted by molar-refractivity contribution is -0.139. The van der Waals surface area contributed by atoms with Gasteiger partial charge in [-0.3, -0.25) is 9.69 Å². The van der Waals surface area contributed by atoms with Crippen LogP contribution in [0.5, 0.6) is 0 Å². The van der Waals surface area contributed by atoms with E-state index < -0.39 is 5.97 Å². The Morgan fingerprint density at radius 1 is 1.40 bits per heavy atom. The highest BCUT2D eigenvalue weighted by atomic mass is 16.4. The first kappa shape index (κ1) is 18.7. The topological polar surface area (TPSA) is 96.7 Å². The summed E-state index contributed by atoms with van der Waals surface area (Å²) in [5, 5.41) is 20.8. The first-order chi connectivity index (χ1) is 11.9. The van der Waals surface area contributed by atoms with Crippen LogP contribution in [-0.2, 0) is 11.3 Å². The van der Waals surface area contributed by atoms with E-state index in [4.69, 9.17) is 10.4 Å². The van der Waals surface area contributed by atoms with E-state index in [1.165, 1.54) is 0 Å². The highest BCUT2D eigenvalue weighted by molar-refractivity contribution is 5.74. The fraction of sp³-hybridized carbons (Fsp3) is 0.500. The number of nitrogens with zero attached hydrogens (tertiary/aromatic N) is 3. The lowest BCUT2D eigenvalue weighted by Crippen LogP contribution is -2.56. The predicted molar refractivity (Wildman–Crippen MR) is 92.8 cm³/mol. The molecule has 134 valence electrons. The number of nitriles is 1. The number of carbonyl (C=O) groups excluding carboxylic acids is 1. The van der Waals surface area contributed by atoms with Gasteiger partial charge in [0.2, 0.25) is 0 Å². The monoisotopic (exact) mass is 344 g/mol. The summed E-state index contributed by atoms with van der Waals surface area (Å²) in [5.74, 6) is -0.825. The highest BCUT2D eigenvalue weighted by Crippen LogP contribution is 2.25. The first-order valence-corrected chi connectivity index (χ1v) is 8.39. The van der Waals surface area contributed by atoms with Crippen molar-refractivity contribution in [2.75, 3.05) is 20.1 Å². The summed E-state index contributed by atoms with van der Waals surface area (Å²) in [6, 6.07) is 9.41. The maximum atomic E-state index is 12.3. The molecule has 1 fully saturated rings. The zero-order chi connectivity index (χ0) is 18.4. The Balaban J connectivity index is 1.79. The van der Waals surface area contributed by atoms with Crippen molar-refractivity contribution in [3.8, 4) is 6.07 Å². The minimum Gasteiger partial charge on any atom is -0.480 e. The molecule has 1 aromatic rings. The smallest absolute Gasteiger partial charge is 0.317 e. The summed E-state index contributed by atoms with van der Waals surface area (Å²) in [5.41, 5.74) is 1.48. The molecule has 0 unspecified atom stereocenters. The number of carboxylic acids is 1. The van der Waals surface area contributed by atoms with Crippen LogP contribution in [-0.4, -0.2) is 59.1 Å². The zero-order valence-electron chi connectivity index (χ0n) is 14.6. The van der Waals surface area contributed by atoms with E-state index in [0.717, 1.165) is 18.4 Å². The molecule has 25 heavy (non-hydrogen) atoms. The Kier molecular flexibility index (Phi) is 6.37. The summed E-state index contributed by atoms with van der Waals surface area (Å²) in [4.78, 5) is 26.6. The third-order valence-electron chi connectivity index (χ3n) is 4.52. The Labute approximate surface area is 147 Å². The van der Waals surface area contributed by atoms with Crippen LogP contribution in [0.2, 0.25) is 0 Å². The molecule has 0 bridgehead atoms. The van der Waals surface area contributed by atoms with Crippen molar-refractivity contribution in [1.29, 1.82) is 5.26 Å². The summed E-state index contributed by atoms with van der Waals surface area (Å²) in [6.45, 7) is 3.10.